The first-order valence-corrected chi connectivity index (χ1v) is 11.0. The SMILES string of the molecule is COc1ccc(CC(=O)N2CC3CC2C2C(=O)N(c4cccc(C(F)(F)F)c4)C(=O)N32)cc1OC. The molecule has 2 aromatic carbocycles. The molecule has 11 heteroatoms. The van der Waals surface area contributed by atoms with E-state index in [-0.39, 0.29) is 30.6 Å². The molecule has 4 amide bonds. The molecule has 0 N–H and O–H groups in total. The van der Waals surface area contributed by atoms with Gasteiger partial charge >= 0.3 is 12.2 Å². The monoisotopic (exact) mass is 489 g/mol. The lowest BCUT2D eigenvalue weighted by Crippen LogP contribution is -2.55. The number of urea groups is 1. The Bertz CT molecular complexity index is 1220. The highest BCUT2D eigenvalue weighted by Crippen LogP contribution is 2.43. The number of ether oxygens (including phenoxy) is 2. The first-order valence-electron chi connectivity index (χ1n) is 11.0. The minimum Gasteiger partial charge on any atom is -0.493 e. The number of piperazine rings is 1. The largest absolute Gasteiger partial charge is 0.493 e. The van der Waals surface area contributed by atoms with Gasteiger partial charge in [-0.3, -0.25) is 9.59 Å². The summed E-state index contributed by atoms with van der Waals surface area (Å²) in [6.07, 6.45) is -4.09. The predicted octanol–water partition coefficient (Wildman–Crippen LogP) is 3.09. The fourth-order valence-electron chi connectivity index (χ4n) is 5.27. The van der Waals surface area contributed by atoms with Gasteiger partial charge < -0.3 is 19.3 Å². The Morgan fingerprint density at radius 1 is 1.06 bits per heavy atom. The number of alkyl halides is 3. The summed E-state index contributed by atoms with van der Waals surface area (Å²) in [4.78, 5) is 43.3. The molecule has 3 unspecified atom stereocenters. The quantitative estimate of drug-likeness (QED) is 0.604. The molecule has 3 fully saturated rings. The van der Waals surface area contributed by atoms with Crippen molar-refractivity contribution < 1.29 is 37.0 Å². The number of rotatable bonds is 5. The van der Waals surface area contributed by atoms with Gasteiger partial charge in [-0.1, -0.05) is 12.1 Å². The first-order chi connectivity index (χ1) is 16.6. The van der Waals surface area contributed by atoms with E-state index in [9.17, 15) is 27.6 Å². The van der Waals surface area contributed by atoms with Crippen molar-refractivity contribution in [3.63, 3.8) is 0 Å². The average Bonchev–Trinajstić information content (AvgIpc) is 3.49. The molecule has 0 aliphatic carbocycles. The smallest absolute Gasteiger partial charge is 0.416 e. The van der Waals surface area contributed by atoms with Crippen molar-refractivity contribution in [1.82, 2.24) is 9.80 Å². The maximum Gasteiger partial charge on any atom is 0.416 e. The molecule has 2 aromatic rings. The van der Waals surface area contributed by atoms with E-state index in [4.69, 9.17) is 9.47 Å². The number of benzene rings is 2. The van der Waals surface area contributed by atoms with Crippen LogP contribution in [-0.2, 0) is 22.2 Å². The van der Waals surface area contributed by atoms with Crippen LogP contribution < -0.4 is 14.4 Å². The maximum absolute atomic E-state index is 13.2. The topological polar surface area (TPSA) is 79.4 Å². The Morgan fingerprint density at radius 2 is 1.80 bits per heavy atom. The normalized spacial score (nSPS) is 23.2. The number of halogens is 3. The lowest BCUT2D eigenvalue weighted by atomic mass is 10.1. The van der Waals surface area contributed by atoms with Crippen molar-refractivity contribution in [3.05, 3.63) is 53.6 Å². The fraction of sp³-hybridized carbons (Fsp3) is 0.375. The van der Waals surface area contributed by atoms with Crippen LogP contribution in [0.25, 0.3) is 0 Å². The zero-order chi connectivity index (χ0) is 25.1. The Hall–Kier alpha value is -3.76. The molecule has 3 saturated heterocycles. The van der Waals surface area contributed by atoms with Crippen LogP contribution in [0.3, 0.4) is 0 Å². The van der Waals surface area contributed by atoms with Gasteiger partial charge in [0, 0.05) is 6.54 Å². The minimum absolute atomic E-state index is 0.0653. The van der Waals surface area contributed by atoms with Crippen LogP contribution >= 0.6 is 0 Å². The molecule has 0 spiro atoms. The summed E-state index contributed by atoms with van der Waals surface area (Å²) >= 11 is 0. The Labute approximate surface area is 198 Å². The number of methoxy groups -OCH3 is 2. The van der Waals surface area contributed by atoms with Gasteiger partial charge in [-0.05, 0) is 42.3 Å². The van der Waals surface area contributed by atoms with Gasteiger partial charge in [-0.25, -0.2) is 9.69 Å². The van der Waals surface area contributed by atoms with Crippen LogP contribution in [0, 0.1) is 0 Å². The maximum atomic E-state index is 13.2. The number of carbonyl (C=O) groups excluding carboxylic acids is 3. The van der Waals surface area contributed by atoms with Crippen molar-refractivity contribution in [1.29, 1.82) is 0 Å². The number of amides is 4. The zero-order valence-electron chi connectivity index (χ0n) is 18.9. The van der Waals surface area contributed by atoms with Gasteiger partial charge in [0.25, 0.3) is 5.91 Å². The molecule has 0 radical (unpaired) electrons. The van der Waals surface area contributed by atoms with E-state index in [1.807, 2.05) is 0 Å². The van der Waals surface area contributed by atoms with Crippen LogP contribution in [0.5, 0.6) is 11.5 Å². The third kappa shape index (κ3) is 3.65. The molecule has 8 nitrogen and oxygen atoms in total. The highest BCUT2D eigenvalue weighted by atomic mass is 19.4. The van der Waals surface area contributed by atoms with E-state index in [1.54, 1.807) is 23.1 Å². The molecule has 3 heterocycles. The minimum atomic E-state index is -4.61. The van der Waals surface area contributed by atoms with Crippen molar-refractivity contribution in [3.8, 4) is 11.5 Å². The molecule has 0 saturated carbocycles. The van der Waals surface area contributed by atoms with Crippen LogP contribution in [0.1, 0.15) is 17.5 Å². The van der Waals surface area contributed by atoms with Crippen molar-refractivity contribution >= 4 is 23.5 Å². The number of carbonyl (C=O) groups is 3. The van der Waals surface area contributed by atoms with Gasteiger partial charge in [0.1, 0.15) is 6.04 Å². The summed E-state index contributed by atoms with van der Waals surface area (Å²) in [5, 5.41) is 0. The second-order valence-corrected chi connectivity index (χ2v) is 8.73. The van der Waals surface area contributed by atoms with Crippen LogP contribution in [-0.4, -0.2) is 66.5 Å². The number of nitrogens with zero attached hydrogens (tertiary/aromatic N) is 3. The molecule has 3 aliphatic heterocycles. The molecule has 184 valence electrons. The summed E-state index contributed by atoms with van der Waals surface area (Å²) in [6.45, 7) is 0.267. The van der Waals surface area contributed by atoms with Gasteiger partial charge in [-0.2, -0.15) is 13.2 Å². The van der Waals surface area contributed by atoms with Gasteiger partial charge in [0.15, 0.2) is 11.5 Å². The fourth-order valence-corrected chi connectivity index (χ4v) is 5.27. The lowest BCUT2D eigenvalue weighted by molar-refractivity contribution is -0.138. The van der Waals surface area contributed by atoms with Crippen LogP contribution in [0.15, 0.2) is 42.5 Å². The summed E-state index contributed by atoms with van der Waals surface area (Å²) in [5.41, 5.74) is -0.379. The van der Waals surface area contributed by atoms with E-state index < -0.39 is 35.8 Å². The number of hydrogen-bond acceptors (Lipinski definition) is 5. The molecular weight excluding hydrogens is 467 g/mol. The van der Waals surface area contributed by atoms with E-state index in [0.29, 0.717) is 23.5 Å². The predicted molar refractivity (Wildman–Crippen MR) is 117 cm³/mol. The number of imide groups is 1. The van der Waals surface area contributed by atoms with E-state index in [0.717, 1.165) is 23.1 Å². The number of anilines is 1. The third-order valence-corrected chi connectivity index (χ3v) is 6.82. The third-order valence-electron chi connectivity index (χ3n) is 6.82. The molecule has 3 atom stereocenters. The summed E-state index contributed by atoms with van der Waals surface area (Å²) in [7, 11) is 3.01. The van der Waals surface area contributed by atoms with Crippen molar-refractivity contribution in [2.75, 3.05) is 25.7 Å². The van der Waals surface area contributed by atoms with Crippen LogP contribution in [0.2, 0.25) is 0 Å². The standard InChI is InChI=1S/C24H22F3N3O5/c1-34-18-7-6-13(8-19(18)35-2)9-20(31)28-12-16-11-17(28)21-22(32)30(23(33)29(16)21)15-5-3-4-14(10-15)24(25,26)27/h3-8,10,16-17,21H,9,11-12H2,1-2H3. The van der Waals surface area contributed by atoms with E-state index in [1.165, 1.54) is 25.2 Å². The van der Waals surface area contributed by atoms with Gasteiger partial charge in [-0.15, -0.1) is 0 Å². The molecule has 35 heavy (non-hydrogen) atoms. The molecule has 0 aromatic heterocycles. The van der Waals surface area contributed by atoms with E-state index in [2.05, 4.69) is 0 Å². The molecule has 3 aliphatic rings. The molecular formula is C24H22F3N3O5. The highest BCUT2D eigenvalue weighted by Gasteiger charge is 2.62. The van der Waals surface area contributed by atoms with E-state index >= 15 is 0 Å². The van der Waals surface area contributed by atoms with Crippen molar-refractivity contribution in [2.45, 2.75) is 37.1 Å². The average molecular weight is 489 g/mol. The Balaban J connectivity index is 1.36. The summed E-state index contributed by atoms with van der Waals surface area (Å²) in [6, 6.07) is 6.83. The second-order valence-electron chi connectivity index (χ2n) is 8.73. The van der Waals surface area contributed by atoms with Crippen LogP contribution in [0.4, 0.5) is 23.7 Å². The summed E-state index contributed by atoms with van der Waals surface area (Å²) in [5.74, 6) is 0.192. The Morgan fingerprint density at radius 3 is 2.49 bits per heavy atom. The highest BCUT2D eigenvalue weighted by molar-refractivity contribution is 6.22. The number of fused-ring (bicyclic) bond motifs is 5. The van der Waals surface area contributed by atoms with Crippen molar-refractivity contribution in [2.24, 2.45) is 0 Å². The molecule has 5 rings (SSSR count). The number of likely N-dealkylation sites (tertiary alicyclic amines) is 1. The lowest BCUT2D eigenvalue weighted by Gasteiger charge is -2.35. The number of hydrogen-bond donors (Lipinski definition) is 0. The second kappa shape index (κ2) is 8.17. The summed E-state index contributed by atoms with van der Waals surface area (Å²) < 4.78 is 50.0. The van der Waals surface area contributed by atoms with Gasteiger partial charge in [0.05, 0.1) is 44.0 Å². The first kappa shape index (κ1) is 23.0. The molecule has 2 bridgehead atoms. The zero-order valence-corrected chi connectivity index (χ0v) is 18.9. The van der Waals surface area contributed by atoms with Gasteiger partial charge in [0.2, 0.25) is 5.91 Å². The Kier molecular flexibility index (Phi) is 5.37.